The van der Waals surface area contributed by atoms with Crippen LogP contribution >= 0.6 is 23.2 Å². The van der Waals surface area contributed by atoms with Gasteiger partial charge in [0.25, 0.3) is 0 Å². The highest BCUT2D eigenvalue weighted by Crippen LogP contribution is 2.28. The Morgan fingerprint density at radius 2 is 1.75 bits per heavy atom. The van der Waals surface area contributed by atoms with E-state index in [-0.39, 0.29) is 5.91 Å². The Hall–Kier alpha value is -2.60. The van der Waals surface area contributed by atoms with E-state index < -0.39 is 12.2 Å². The van der Waals surface area contributed by atoms with E-state index in [1.54, 1.807) is 30.6 Å². The fourth-order valence-corrected chi connectivity index (χ4v) is 3.06. The smallest absolute Gasteiger partial charge is 0.248 e. The van der Waals surface area contributed by atoms with Crippen molar-refractivity contribution in [2.45, 2.75) is 19.1 Å². The summed E-state index contributed by atoms with van der Waals surface area (Å²) in [5.41, 5.74) is 9.34. The van der Waals surface area contributed by atoms with E-state index in [1.807, 2.05) is 43.3 Å². The van der Waals surface area contributed by atoms with Crippen LogP contribution in [0.3, 0.4) is 0 Å². The molecule has 3 rings (SSSR count). The van der Waals surface area contributed by atoms with Gasteiger partial charge in [0.2, 0.25) is 5.91 Å². The number of hydrogen-bond donors (Lipinski definition) is 3. The Morgan fingerprint density at radius 1 is 1.00 bits per heavy atom. The minimum Gasteiger partial charge on any atom is -0.370 e. The Kier molecular flexibility index (Phi) is 6.52. The van der Waals surface area contributed by atoms with E-state index in [0.29, 0.717) is 15.7 Å². The molecular weight excluding hydrogens is 395 g/mol. The van der Waals surface area contributed by atoms with Crippen LogP contribution in [0.2, 0.25) is 10.0 Å². The predicted octanol–water partition coefficient (Wildman–Crippen LogP) is 4.62. The van der Waals surface area contributed by atoms with Gasteiger partial charge in [0, 0.05) is 23.6 Å². The van der Waals surface area contributed by atoms with Gasteiger partial charge in [-0.15, -0.1) is 0 Å². The van der Waals surface area contributed by atoms with Crippen molar-refractivity contribution < 1.29 is 4.79 Å². The van der Waals surface area contributed by atoms with E-state index in [9.17, 15) is 4.79 Å². The SMILES string of the molecule is Cc1cncc(C(N)NC(=O)C(Nc2ccc(Cl)c(Cl)c2)c2ccccc2)c1. The molecule has 1 amide bonds. The molecule has 3 aromatic rings. The number of hydrogen-bond acceptors (Lipinski definition) is 4. The number of nitrogens with zero attached hydrogens (tertiary/aromatic N) is 1. The number of nitrogens with two attached hydrogens (primary N) is 1. The highest BCUT2D eigenvalue weighted by Gasteiger charge is 2.23. The van der Waals surface area contributed by atoms with Crippen molar-refractivity contribution in [1.29, 1.82) is 0 Å². The van der Waals surface area contributed by atoms with Crippen molar-refractivity contribution in [3.63, 3.8) is 0 Å². The van der Waals surface area contributed by atoms with Gasteiger partial charge >= 0.3 is 0 Å². The average Bonchev–Trinajstić information content (AvgIpc) is 2.69. The monoisotopic (exact) mass is 414 g/mol. The summed E-state index contributed by atoms with van der Waals surface area (Å²) in [6.45, 7) is 1.92. The molecule has 0 aliphatic rings. The van der Waals surface area contributed by atoms with Crippen LogP contribution in [-0.2, 0) is 4.79 Å². The molecule has 0 bridgehead atoms. The predicted molar refractivity (Wildman–Crippen MR) is 113 cm³/mol. The first-order chi connectivity index (χ1) is 13.4. The zero-order valence-corrected chi connectivity index (χ0v) is 16.7. The average molecular weight is 415 g/mol. The van der Waals surface area contributed by atoms with E-state index in [4.69, 9.17) is 28.9 Å². The molecule has 2 aromatic carbocycles. The lowest BCUT2D eigenvalue weighted by Crippen LogP contribution is -2.39. The minimum atomic E-state index is -0.679. The third-order valence-electron chi connectivity index (χ3n) is 4.18. The summed E-state index contributed by atoms with van der Waals surface area (Å²) in [4.78, 5) is 17.2. The molecule has 0 saturated heterocycles. The molecule has 2 unspecified atom stereocenters. The van der Waals surface area contributed by atoms with Gasteiger partial charge in [-0.3, -0.25) is 9.78 Å². The van der Waals surface area contributed by atoms with Gasteiger partial charge in [0.1, 0.15) is 12.2 Å². The quantitative estimate of drug-likeness (QED) is 0.513. The van der Waals surface area contributed by atoms with Crippen LogP contribution < -0.4 is 16.4 Å². The number of halogens is 2. The zero-order chi connectivity index (χ0) is 20.1. The number of pyridine rings is 1. The topological polar surface area (TPSA) is 80.0 Å². The third kappa shape index (κ3) is 5.01. The summed E-state index contributed by atoms with van der Waals surface area (Å²) in [5.74, 6) is -0.272. The number of anilines is 1. The Bertz CT molecular complexity index is 966. The van der Waals surface area contributed by atoms with Crippen LogP contribution in [0.25, 0.3) is 0 Å². The molecule has 1 aromatic heterocycles. The molecule has 7 heteroatoms. The van der Waals surface area contributed by atoms with Gasteiger partial charge in [0.15, 0.2) is 0 Å². The fourth-order valence-electron chi connectivity index (χ4n) is 2.77. The van der Waals surface area contributed by atoms with Gasteiger partial charge in [-0.05, 0) is 42.3 Å². The Balaban J connectivity index is 1.83. The van der Waals surface area contributed by atoms with E-state index in [0.717, 1.165) is 16.7 Å². The summed E-state index contributed by atoms with van der Waals surface area (Å²) in [7, 11) is 0. The second-order valence-corrected chi connectivity index (χ2v) is 7.21. The van der Waals surface area contributed by atoms with Crippen LogP contribution in [0, 0.1) is 6.92 Å². The van der Waals surface area contributed by atoms with Crippen LogP contribution in [0.4, 0.5) is 5.69 Å². The highest BCUT2D eigenvalue weighted by molar-refractivity contribution is 6.42. The molecule has 1 heterocycles. The molecule has 2 atom stereocenters. The van der Waals surface area contributed by atoms with Crippen LogP contribution in [0.5, 0.6) is 0 Å². The van der Waals surface area contributed by atoms with Crippen molar-refractivity contribution in [1.82, 2.24) is 10.3 Å². The van der Waals surface area contributed by atoms with Gasteiger partial charge < -0.3 is 16.4 Å². The molecule has 28 heavy (non-hydrogen) atoms. The molecule has 144 valence electrons. The number of benzene rings is 2. The van der Waals surface area contributed by atoms with Gasteiger partial charge in [0.05, 0.1) is 10.0 Å². The maximum atomic E-state index is 13.0. The van der Waals surface area contributed by atoms with E-state index in [1.165, 1.54) is 0 Å². The minimum absolute atomic E-state index is 0.272. The molecule has 0 spiro atoms. The number of aryl methyl sites for hydroxylation is 1. The first-order valence-electron chi connectivity index (χ1n) is 8.68. The van der Waals surface area contributed by atoms with Crippen LogP contribution in [-0.4, -0.2) is 10.9 Å². The fraction of sp³-hybridized carbons (Fsp3) is 0.143. The third-order valence-corrected chi connectivity index (χ3v) is 4.92. The Labute approximate surface area is 173 Å². The second kappa shape index (κ2) is 9.06. The number of carbonyl (C=O) groups is 1. The van der Waals surface area contributed by atoms with Crippen molar-refractivity contribution in [2.24, 2.45) is 5.73 Å². The second-order valence-electron chi connectivity index (χ2n) is 6.40. The summed E-state index contributed by atoms with van der Waals surface area (Å²) in [6.07, 6.45) is 2.69. The maximum Gasteiger partial charge on any atom is 0.248 e. The standard InChI is InChI=1S/C21H20Cl2N4O/c1-13-9-15(12-25-11-13)20(24)27-21(28)19(14-5-3-2-4-6-14)26-16-7-8-17(22)18(23)10-16/h2-12,19-20,26H,24H2,1H3,(H,27,28). The maximum absolute atomic E-state index is 13.0. The molecular formula is C21H20Cl2N4O. The largest absolute Gasteiger partial charge is 0.370 e. The summed E-state index contributed by atoms with van der Waals surface area (Å²) in [5, 5.41) is 6.90. The lowest BCUT2D eigenvalue weighted by atomic mass is 10.0. The molecule has 4 N–H and O–H groups in total. The highest BCUT2D eigenvalue weighted by atomic mass is 35.5. The Morgan fingerprint density at radius 3 is 2.43 bits per heavy atom. The molecule has 5 nitrogen and oxygen atoms in total. The molecule has 0 fully saturated rings. The van der Waals surface area contributed by atoms with E-state index >= 15 is 0 Å². The van der Waals surface area contributed by atoms with Crippen molar-refractivity contribution in [3.8, 4) is 0 Å². The van der Waals surface area contributed by atoms with Crippen molar-refractivity contribution in [3.05, 3.63) is 93.7 Å². The van der Waals surface area contributed by atoms with Crippen molar-refractivity contribution >= 4 is 34.8 Å². The molecule has 0 aliphatic heterocycles. The summed E-state index contributed by atoms with van der Waals surface area (Å²) >= 11 is 12.1. The normalized spacial score (nSPS) is 12.9. The number of rotatable bonds is 6. The molecule has 0 aliphatic carbocycles. The lowest BCUT2D eigenvalue weighted by molar-refractivity contribution is -0.122. The van der Waals surface area contributed by atoms with E-state index in [2.05, 4.69) is 15.6 Å². The number of aromatic nitrogens is 1. The molecule has 0 saturated carbocycles. The van der Waals surface area contributed by atoms with Gasteiger partial charge in [-0.1, -0.05) is 53.5 Å². The van der Waals surface area contributed by atoms with Crippen LogP contribution in [0.1, 0.15) is 28.9 Å². The van der Waals surface area contributed by atoms with Gasteiger partial charge in [-0.2, -0.15) is 0 Å². The van der Waals surface area contributed by atoms with Gasteiger partial charge in [-0.25, -0.2) is 0 Å². The van der Waals surface area contributed by atoms with Crippen molar-refractivity contribution in [2.75, 3.05) is 5.32 Å². The number of amides is 1. The summed E-state index contributed by atoms with van der Waals surface area (Å²) < 4.78 is 0. The number of carbonyl (C=O) groups excluding carboxylic acids is 1. The summed E-state index contributed by atoms with van der Waals surface area (Å²) in [6, 6.07) is 15.7. The first kappa shape index (κ1) is 20.1. The van der Waals surface area contributed by atoms with Crippen LogP contribution in [0.15, 0.2) is 67.0 Å². The lowest BCUT2D eigenvalue weighted by Gasteiger charge is -2.23. The molecule has 0 radical (unpaired) electrons. The zero-order valence-electron chi connectivity index (χ0n) is 15.2. The number of nitrogens with one attached hydrogen (secondary N) is 2. The first-order valence-corrected chi connectivity index (χ1v) is 9.43.